The Kier molecular flexibility index (Phi) is 7.76. The molecule has 21 heavy (non-hydrogen) atoms. The lowest BCUT2D eigenvalue weighted by atomic mass is 9.90. The fourth-order valence-corrected chi connectivity index (χ4v) is 3.16. The molecule has 0 radical (unpaired) electrons. The summed E-state index contributed by atoms with van der Waals surface area (Å²) in [4.78, 5) is 13.3. The van der Waals surface area contributed by atoms with Gasteiger partial charge >= 0.3 is 5.97 Å². The molecule has 0 bridgehead atoms. The summed E-state index contributed by atoms with van der Waals surface area (Å²) in [6.07, 6.45) is 5.33. The van der Waals surface area contributed by atoms with Crippen molar-refractivity contribution in [1.82, 2.24) is 4.90 Å². The number of carboxylic acids is 1. The Morgan fingerprint density at radius 3 is 2.43 bits per heavy atom. The normalized spacial score (nSPS) is 18.0. The van der Waals surface area contributed by atoms with E-state index in [2.05, 4.69) is 35.2 Å². The minimum Gasteiger partial charge on any atom is -0.480 e. The number of carbonyl (C=O) groups is 1. The van der Waals surface area contributed by atoms with Crippen molar-refractivity contribution in [3.05, 3.63) is 35.9 Å². The summed E-state index contributed by atoms with van der Waals surface area (Å²) in [7, 11) is 0. The third-order valence-electron chi connectivity index (χ3n) is 4.45. The van der Waals surface area contributed by atoms with Gasteiger partial charge in [-0.25, -0.2) is 0 Å². The largest absolute Gasteiger partial charge is 0.480 e. The van der Waals surface area contributed by atoms with Gasteiger partial charge in [-0.3, -0.25) is 9.69 Å². The molecule has 3 nitrogen and oxygen atoms in total. The lowest BCUT2D eigenvalue weighted by Crippen LogP contribution is -2.45. The molecule has 1 aliphatic rings. The number of benzene rings is 1. The van der Waals surface area contributed by atoms with Gasteiger partial charge in [0.15, 0.2) is 0 Å². The molecule has 1 aromatic rings. The first-order valence-electron chi connectivity index (χ1n) is 7.71. The Labute approximate surface area is 133 Å². The van der Waals surface area contributed by atoms with Crippen LogP contribution in [0.25, 0.3) is 0 Å². The molecule has 1 aromatic carbocycles. The van der Waals surface area contributed by atoms with E-state index in [1.165, 1.54) is 12.0 Å². The predicted molar refractivity (Wildman–Crippen MR) is 88.0 cm³/mol. The lowest BCUT2D eigenvalue weighted by Gasteiger charge is -2.35. The fraction of sp³-hybridized carbons (Fsp3) is 0.588. The van der Waals surface area contributed by atoms with Crippen LogP contribution < -0.4 is 0 Å². The summed E-state index contributed by atoms with van der Waals surface area (Å²) in [6.45, 7) is 3.83. The first-order valence-corrected chi connectivity index (χ1v) is 7.71. The van der Waals surface area contributed by atoms with E-state index in [0.717, 1.165) is 38.3 Å². The van der Waals surface area contributed by atoms with Crippen molar-refractivity contribution in [3.8, 4) is 0 Å². The summed E-state index contributed by atoms with van der Waals surface area (Å²) < 4.78 is 0. The third-order valence-corrected chi connectivity index (χ3v) is 4.45. The van der Waals surface area contributed by atoms with Crippen LogP contribution in [0.4, 0.5) is 0 Å². The Balaban J connectivity index is 0.00000220. The van der Waals surface area contributed by atoms with Crippen molar-refractivity contribution < 1.29 is 9.90 Å². The highest BCUT2D eigenvalue weighted by Crippen LogP contribution is 2.24. The molecule has 1 saturated heterocycles. The standard InChI is InChI=1S/C17H25NO2.ClH/c1-2-16(17(19)20)18-12-10-15(11-13-18)9-8-14-6-4-3-5-7-14;/h3-7,15-16H,2,8-13H2,1H3,(H,19,20);1H. The topological polar surface area (TPSA) is 40.5 Å². The van der Waals surface area contributed by atoms with Gasteiger partial charge in [-0.1, -0.05) is 37.3 Å². The summed E-state index contributed by atoms with van der Waals surface area (Å²) in [6, 6.07) is 10.3. The molecule has 0 amide bonds. The van der Waals surface area contributed by atoms with Crippen molar-refractivity contribution in [3.63, 3.8) is 0 Å². The first kappa shape index (κ1) is 18.0. The molecule has 1 atom stereocenters. The van der Waals surface area contributed by atoms with E-state index in [0.29, 0.717) is 6.42 Å². The zero-order valence-electron chi connectivity index (χ0n) is 12.7. The second-order valence-corrected chi connectivity index (χ2v) is 5.77. The highest BCUT2D eigenvalue weighted by Gasteiger charge is 2.27. The molecule has 1 aliphatic heterocycles. The number of likely N-dealkylation sites (tertiary alicyclic amines) is 1. The van der Waals surface area contributed by atoms with Gasteiger partial charge in [-0.05, 0) is 56.7 Å². The summed E-state index contributed by atoms with van der Waals surface area (Å²) in [5.41, 5.74) is 1.41. The molecule has 118 valence electrons. The number of hydrogen-bond acceptors (Lipinski definition) is 2. The van der Waals surface area contributed by atoms with Gasteiger partial charge in [0.05, 0.1) is 0 Å². The van der Waals surface area contributed by atoms with Gasteiger partial charge in [-0.15, -0.1) is 12.4 Å². The molecule has 0 aromatic heterocycles. The average molecular weight is 312 g/mol. The first-order chi connectivity index (χ1) is 9.70. The molecule has 0 aliphatic carbocycles. The van der Waals surface area contributed by atoms with Crippen LogP contribution in [-0.4, -0.2) is 35.1 Å². The van der Waals surface area contributed by atoms with E-state index in [1.807, 2.05) is 6.92 Å². The predicted octanol–water partition coefficient (Wildman–Crippen LogP) is 3.62. The minimum absolute atomic E-state index is 0. The number of carboxylic acid groups (broad SMARTS) is 1. The van der Waals surface area contributed by atoms with Crippen LogP contribution in [0.15, 0.2) is 30.3 Å². The van der Waals surface area contributed by atoms with Crippen LogP contribution in [0.5, 0.6) is 0 Å². The molecule has 1 N–H and O–H groups in total. The zero-order chi connectivity index (χ0) is 14.4. The third kappa shape index (κ3) is 5.33. The second-order valence-electron chi connectivity index (χ2n) is 5.77. The molecule has 1 heterocycles. The lowest BCUT2D eigenvalue weighted by molar-refractivity contribution is -0.144. The number of rotatable bonds is 6. The van der Waals surface area contributed by atoms with Crippen LogP contribution in [0.3, 0.4) is 0 Å². The molecule has 0 spiro atoms. The highest BCUT2D eigenvalue weighted by molar-refractivity contribution is 5.85. The molecule has 1 unspecified atom stereocenters. The van der Waals surface area contributed by atoms with Crippen LogP contribution >= 0.6 is 12.4 Å². The van der Waals surface area contributed by atoms with Gasteiger partial charge in [0.1, 0.15) is 6.04 Å². The summed E-state index contributed by atoms with van der Waals surface area (Å²) in [5.74, 6) is 0.0768. The van der Waals surface area contributed by atoms with Gasteiger partial charge in [0, 0.05) is 0 Å². The van der Waals surface area contributed by atoms with E-state index in [-0.39, 0.29) is 18.4 Å². The van der Waals surface area contributed by atoms with Gasteiger partial charge in [0.25, 0.3) is 0 Å². The van der Waals surface area contributed by atoms with Crippen LogP contribution in [-0.2, 0) is 11.2 Å². The van der Waals surface area contributed by atoms with E-state index < -0.39 is 5.97 Å². The Bertz CT molecular complexity index is 416. The van der Waals surface area contributed by atoms with Crippen molar-refractivity contribution in [2.75, 3.05) is 13.1 Å². The minimum atomic E-state index is -0.671. The number of hydrogen-bond donors (Lipinski definition) is 1. The fourth-order valence-electron chi connectivity index (χ4n) is 3.16. The van der Waals surface area contributed by atoms with Crippen molar-refractivity contribution in [2.24, 2.45) is 5.92 Å². The monoisotopic (exact) mass is 311 g/mol. The quantitative estimate of drug-likeness (QED) is 0.872. The summed E-state index contributed by atoms with van der Waals surface area (Å²) in [5, 5.41) is 9.20. The van der Waals surface area contributed by atoms with Crippen molar-refractivity contribution in [2.45, 2.75) is 45.1 Å². The summed E-state index contributed by atoms with van der Waals surface area (Å²) >= 11 is 0. The Morgan fingerprint density at radius 1 is 1.29 bits per heavy atom. The maximum atomic E-state index is 11.2. The molecular formula is C17H26ClNO2. The zero-order valence-corrected chi connectivity index (χ0v) is 13.5. The Morgan fingerprint density at radius 2 is 1.90 bits per heavy atom. The van der Waals surface area contributed by atoms with Crippen LogP contribution in [0.1, 0.15) is 38.2 Å². The number of aliphatic carboxylic acids is 1. The van der Waals surface area contributed by atoms with E-state index in [9.17, 15) is 9.90 Å². The smallest absolute Gasteiger partial charge is 0.320 e. The van der Waals surface area contributed by atoms with E-state index in [1.54, 1.807) is 0 Å². The SMILES string of the molecule is CCC(C(=O)O)N1CCC(CCc2ccccc2)CC1.Cl. The average Bonchev–Trinajstić information content (AvgIpc) is 2.48. The number of piperidine rings is 1. The number of halogens is 1. The Hall–Kier alpha value is -1.06. The molecule has 2 rings (SSSR count). The molecule has 4 heteroatoms. The van der Waals surface area contributed by atoms with Gasteiger partial charge in [0.2, 0.25) is 0 Å². The molecule has 1 fully saturated rings. The van der Waals surface area contributed by atoms with Crippen molar-refractivity contribution in [1.29, 1.82) is 0 Å². The van der Waals surface area contributed by atoms with Gasteiger partial charge in [-0.2, -0.15) is 0 Å². The van der Waals surface area contributed by atoms with E-state index in [4.69, 9.17) is 0 Å². The second kappa shape index (κ2) is 9.06. The number of nitrogens with zero attached hydrogens (tertiary/aromatic N) is 1. The number of aryl methyl sites for hydroxylation is 1. The maximum absolute atomic E-state index is 11.2. The maximum Gasteiger partial charge on any atom is 0.320 e. The highest BCUT2D eigenvalue weighted by atomic mass is 35.5. The van der Waals surface area contributed by atoms with E-state index >= 15 is 0 Å². The van der Waals surface area contributed by atoms with Gasteiger partial charge < -0.3 is 5.11 Å². The van der Waals surface area contributed by atoms with Crippen LogP contribution in [0, 0.1) is 5.92 Å². The molecular weight excluding hydrogens is 286 g/mol. The van der Waals surface area contributed by atoms with Crippen molar-refractivity contribution >= 4 is 18.4 Å². The molecule has 0 saturated carbocycles. The van der Waals surface area contributed by atoms with Crippen LogP contribution in [0.2, 0.25) is 0 Å².